The molecule has 0 unspecified atom stereocenters. The molecule has 0 saturated carbocycles. The van der Waals surface area contributed by atoms with Gasteiger partial charge in [0.15, 0.2) is 0 Å². The molecule has 1 aromatic carbocycles. The van der Waals surface area contributed by atoms with Crippen LogP contribution in [0.1, 0.15) is 12.5 Å². The van der Waals surface area contributed by atoms with E-state index in [1.807, 2.05) is 48.1 Å². The van der Waals surface area contributed by atoms with Crippen molar-refractivity contribution in [3.8, 4) is 11.3 Å². The van der Waals surface area contributed by atoms with Crippen molar-refractivity contribution in [2.24, 2.45) is 0 Å². The van der Waals surface area contributed by atoms with Crippen LogP contribution in [-0.2, 0) is 17.8 Å². The lowest BCUT2D eigenvalue weighted by Crippen LogP contribution is -1.93. The van der Waals surface area contributed by atoms with Crippen LogP contribution in [0.5, 0.6) is 0 Å². The fourth-order valence-electron chi connectivity index (χ4n) is 1.70. The molecule has 82 valence electrons. The molecule has 3 heteroatoms. The monoisotopic (exact) mass is 214 g/mol. The highest BCUT2D eigenvalue weighted by atomic mass is 16.1. The third-order valence-corrected chi connectivity index (χ3v) is 2.51. The molecule has 1 heterocycles. The van der Waals surface area contributed by atoms with E-state index in [1.165, 1.54) is 0 Å². The van der Waals surface area contributed by atoms with Crippen LogP contribution in [0.2, 0.25) is 0 Å². The number of nitrogens with zero attached hydrogens (tertiary/aromatic N) is 2. The molecule has 0 fully saturated rings. The van der Waals surface area contributed by atoms with E-state index in [0.717, 1.165) is 29.7 Å². The summed E-state index contributed by atoms with van der Waals surface area (Å²) in [5.74, 6) is 0. The van der Waals surface area contributed by atoms with Crippen LogP contribution >= 0.6 is 0 Å². The lowest BCUT2D eigenvalue weighted by molar-refractivity contribution is -0.107. The van der Waals surface area contributed by atoms with Gasteiger partial charge in [-0.25, -0.2) is 0 Å². The maximum atomic E-state index is 10.6. The molecule has 0 atom stereocenters. The van der Waals surface area contributed by atoms with E-state index >= 15 is 0 Å². The summed E-state index contributed by atoms with van der Waals surface area (Å²) in [4.78, 5) is 10.6. The Balaban J connectivity index is 2.46. The summed E-state index contributed by atoms with van der Waals surface area (Å²) in [6.45, 7) is 2.85. The van der Waals surface area contributed by atoms with Gasteiger partial charge in [0.1, 0.15) is 6.29 Å². The third kappa shape index (κ3) is 2.03. The maximum Gasteiger partial charge on any atom is 0.124 e. The van der Waals surface area contributed by atoms with Crippen LogP contribution in [0.15, 0.2) is 36.5 Å². The van der Waals surface area contributed by atoms with Crippen molar-refractivity contribution >= 4 is 6.29 Å². The van der Waals surface area contributed by atoms with Gasteiger partial charge >= 0.3 is 0 Å². The first-order chi connectivity index (χ1) is 7.85. The van der Waals surface area contributed by atoms with E-state index in [-0.39, 0.29) is 0 Å². The van der Waals surface area contributed by atoms with Crippen LogP contribution in [0, 0.1) is 0 Å². The number of carbonyl (C=O) groups excluding carboxylic acids is 1. The first-order valence-corrected chi connectivity index (χ1v) is 5.40. The summed E-state index contributed by atoms with van der Waals surface area (Å²) in [7, 11) is 0. The zero-order valence-electron chi connectivity index (χ0n) is 9.26. The van der Waals surface area contributed by atoms with Gasteiger partial charge in [-0.15, -0.1) is 0 Å². The van der Waals surface area contributed by atoms with Crippen molar-refractivity contribution in [2.45, 2.75) is 19.9 Å². The predicted molar refractivity (Wildman–Crippen MR) is 63.1 cm³/mol. The average molecular weight is 214 g/mol. The summed E-state index contributed by atoms with van der Waals surface area (Å²) in [5, 5.41) is 4.48. The second-order valence-corrected chi connectivity index (χ2v) is 3.60. The van der Waals surface area contributed by atoms with E-state index in [4.69, 9.17) is 0 Å². The van der Waals surface area contributed by atoms with Crippen molar-refractivity contribution in [2.75, 3.05) is 0 Å². The molecule has 0 saturated heterocycles. The Kier molecular flexibility index (Phi) is 3.15. The fraction of sp³-hybridized carbons (Fsp3) is 0.231. The molecule has 0 bridgehead atoms. The number of aryl methyl sites for hydroxylation is 1. The number of hydrogen-bond donors (Lipinski definition) is 0. The maximum absolute atomic E-state index is 10.6. The number of hydrogen-bond acceptors (Lipinski definition) is 2. The van der Waals surface area contributed by atoms with Crippen molar-refractivity contribution < 1.29 is 4.79 Å². The molecule has 16 heavy (non-hydrogen) atoms. The van der Waals surface area contributed by atoms with Crippen molar-refractivity contribution in [1.29, 1.82) is 0 Å². The van der Waals surface area contributed by atoms with Gasteiger partial charge in [-0.2, -0.15) is 5.10 Å². The Labute approximate surface area is 94.7 Å². The van der Waals surface area contributed by atoms with E-state index < -0.39 is 0 Å². The van der Waals surface area contributed by atoms with Crippen molar-refractivity contribution in [3.63, 3.8) is 0 Å². The zero-order chi connectivity index (χ0) is 11.4. The van der Waals surface area contributed by atoms with E-state index in [9.17, 15) is 4.79 Å². The van der Waals surface area contributed by atoms with Crippen LogP contribution in [0.4, 0.5) is 0 Å². The molecule has 0 aliphatic heterocycles. The van der Waals surface area contributed by atoms with Crippen molar-refractivity contribution in [1.82, 2.24) is 9.78 Å². The fourth-order valence-corrected chi connectivity index (χ4v) is 1.70. The molecule has 2 aromatic rings. The molecular weight excluding hydrogens is 200 g/mol. The zero-order valence-corrected chi connectivity index (χ0v) is 9.26. The first-order valence-electron chi connectivity index (χ1n) is 5.40. The lowest BCUT2D eigenvalue weighted by Gasteiger charge is -1.98. The highest BCUT2D eigenvalue weighted by molar-refractivity contribution is 5.67. The molecule has 0 spiro atoms. The average Bonchev–Trinajstić information content (AvgIpc) is 2.74. The number of carbonyl (C=O) groups is 1. The highest BCUT2D eigenvalue weighted by Crippen LogP contribution is 2.21. The van der Waals surface area contributed by atoms with E-state index in [0.29, 0.717) is 6.42 Å². The van der Waals surface area contributed by atoms with Gasteiger partial charge in [0.25, 0.3) is 0 Å². The Morgan fingerprint density at radius 2 is 2.06 bits per heavy atom. The Hall–Kier alpha value is -1.90. The quantitative estimate of drug-likeness (QED) is 0.732. The molecule has 2 rings (SSSR count). The van der Waals surface area contributed by atoms with Crippen LogP contribution in [0.3, 0.4) is 0 Å². The summed E-state index contributed by atoms with van der Waals surface area (Å²) in [6.07, 6.45) is 3.28. The predicted octanol–water partition coefficient (Wildman–Crippen LogP) is 2.31. The molecule has 0 radical (unpaired) electrons. The Morgan fingerprint density at radius 3 is 2.69 bits per heavy atom. The molecule has 3 nitrogen and oxygen atoms in total. The van der Waals surface area contributed by atoms with Gasteiger partial charge in [-0.05, 0) is 6.92 Å². The standard InChI is InChI=1S/C13H14N2O/c1-2-15-10-12(8-9-16)13(14-15)11-6-4-3-5-7-11/h3-7,9-10H,2,8H2,1H3. The summed E-state index contributed by atoms with van der Waals surface area (Å²) < 4.78 is 1.86. The molecule has 0 amide bonds. The first kappa shape index (κ1) is 10.6. The van der Waals surface area contributed by atoms with Gasteiger partial charge in [0.05, 0.1) is 5.69 Å². The minimum atomic E-state index is 0.421. The number of aromatic nitrogens is 2. The normalized spacial score (nSPS) is 10.3. The number of benzene rings is 1. The molecular formula is C13H14N2O. The molecule has 1 aromatic heterocycles. The molecule has 0 aliphatic carbocycles. The molecule has 0 N–H and O–H groups in total. The SMILES string of the molecule is CCn1cc(CC=O)c(-c2ccccc2)n1. The summed E-state index contributed by atoms with van der Waals surface area (Å²) in [6, 6.07) is 9.95. The number of aldehydes is 1. The lowest BCUT2D eigenvalue weighted by atomic mass is 10.1. The summed E-state index contributed by atoms with van der Waals surface area (Å²) >= 11 is 0. The van der Waals surface area contributed by atoms with Crippen LogP contribution in [-0.4, -0.2) is 16.1 Å². The molecule has 0 aliphatic rings. The van der Waals surface area contributed by atoms with Crippen LogP contribution < -0.4 is 0 Å². The minimum absolute atomic E-state index is 0.421. The summed E-state index contributed by atoms with van der Waals surface area (Å²) in [5.41, 5.74) is 2.96. The van der Waals surface area contributed by atoms with Gasteiger partial charge in [-0.3, -0.25) is 4.68 Å². The van der Waals surface area contributed by atoms with Gasteiger partial charge in [0, 0.05) is 30.3 Å². The van der Waals surface area contributed by atoms with Gasteiger partial charge in [0.2, 0.25) is 0 Å². The second-order valence-electron chi connectivity index (χ2n) is 3.60. The third-order valence-electron chi connectivity index (χ3n) is 2.51. The highest BCUT2D eigenvalue weighted by Gasteiger charge is 2.09. The number of rotatable bonds is 4. The Morgan fingerprint density at radius 1 is 1.31 bits per heavy atom. The smallest absolute Gasteiger partial charge is 0.124 e. The van der Waals surface area contributed by atoms with Gasteiger partial charge in [-0.1, -0.05) is 30.3 Å². The van der Waals surface area contributed by atoms with E-state index in [1.54, 1.807) is 0 Å². The largest absolute Gasteiger partial charge is 0.303 e. The van der Waals surface area contributed by atoms with Crippen molar-refractivity contribution in [3.05, 3.63) is 42.1 Å². The topological polar surface area (TPSA) is 34.9 Å². The second kappa shape index (κ2) is 4.75. The van der Waals surface area contributed by atoms with Gasteiger partial charge < -0.3 is 4.79 Å². The van der Waals surface area contributed by atoms with E-state index in [2.05, 4.69) is 5.10 Å². The minimum Gasteiger partial charge on any atom is -0.303 e. The Bertz CT molecular complexity index is 474. The van der Waals surface area contributed by atoms with Crippen LogP contribution in [0.25, 0.3) is 11.3 Å².